The van der Waals surface area contributed by atoms with E-state index in [1.165, 1.54) is 10.4 Å². The van der Waals surface area contributed by atoms with Gasteiger partial charge in [-0.05, 0) is 24.6 Å². The molecule has 1 amide bonds. The van der Waals surface area contributed by atoms with Crippen molar-refractivity contribution in [2.24, 2.45) is 0 Å². The lowest BCUT2D eigenvalue weighted by atomic mass is 10.3. The van der Waals surface area contributed by atoms with E-state index < -0.39 is 10.0 Å². The van der Waals surface area contributed by atoms with E-state index in [0.717, 1.165) is 19.1 Å². The molecule has 1 rings (SSSR count). The van der Waals surface area contributed by atoms with E-state index in [1.54, 1.807) is 12.1 Å². The van der Waals surface area contributed by atoms with Gasteiger partial charge in [-0.2, -0.15) is 0 Å². The summed E-state index contributed by atoms with van der Waals surface area (Å²) in [6.45, 7) is 2.67. The molecule has 0 heterocycles. The van der Waals surface area contributed by atoms with Crippen LogP contribution < -0.4 is 10.1 Å². The smallest absolute Gasteiger partial charge is 0.257 e. The Hall–Kier alpha value is -1.02. The Kier molecular flexibility index (Phi) is 8.83. The molecule has 1 N–H and O–H groups in total. The van der Waals surface area contributed by atoms with E-state index in [9.17, 15) is 13.2 Å². The average molecular weight is 397 g/mol. The maximum Gasteiger partial charge on any atom is 0.257 e. The highest BCUT2D eigenvalue weighted by atomic mass is 35.5. The minimum Gasteiger partial charge on any atom is -0.482 e. The summed E-state index contributed by atoms with van der Waals surface area (Å²) in [5, 5.41) is 3.42. The number of carbonyl (C=O) groups is 1. The average Bonchev–Trinajstić information content (AvgIpc) is 2.48. The van der Waals surface area contributed by atoms with E-state index in [1.807, 2.05) is 6.92 Å². The molecule has 1 aromatic carbocycles. The number of rotatable bonds is 10. The number of nitrogens with one attached hydrogen (secondary N) is 1. The third-order valence-corrected chi connectivity index (χ3v) is 5.00. The first-order valence-electron chi connectivity index (χ1n) is 7.53. The van der Waals surface area contributed by atoms with Crippen LogP contribution in [0.1, 0.15) is 19.8 Å². The van der Waals surface area contributed by atoms with Gasteiger partial charge in [-0.25, -0.2) is 12.7 Å². The number of halogens is 2. The van der Waals surface area contributed by atoms with Gasteiger partial charge in [0, 0.05) is 24.7 Å². The molecule has 0 saturated carbocycles. The number of benzene rings is 1. The van der Waals surface area contributed by atoms with Gasteiger partial charge in [0.15, 0.2) is 6.61 Å². The van der Waals surface area contributed by atoms with Crippen molar-refractivity contribution in [3.05, 3.63) is 28.2 Å². The van der Waals surface area contributed by atoms with Crippen LogP contribution in [0.25, 0.3) is 0 Å². The minimum absolute atomic E-state index is 0.213. The lowest BCUT2D eigenvalue weighted by Gasteiger charge is -2.19. The van der Waals surface area contributed by atoms with Crippen LogP contribution in [0.4, 0.5) is 0 Å². The molecule has 0 bridgehead atoms. The molecular weight excluding hydrogens is 375 g/mol. The molecular formula is C15H22Cl2N2O4S. The second-order valence-corrected chi connectivity index (χ2v) is 8.06. The van der Waals surface area contributed by atoms with Gasteiger partial charge in [-0.15, -0.1) is 0 Å². The largest absolute Gasteiger partial charge is 0.482 e. The SMILES string of the molecule is CCCCN(CCNC(=O)COc1ccc(Cl)cc1Cl)S(C)(=O)=O. The van der Waals surface area contributed by atoms with E-state index in [0.29, 0.717) is 22.3 Å². The van der Waals surface area contributed by atoms with Crippen LogP contribution in [0.3, 0.4) is 0 Å². The number of amides is 1. The van der Waals surface area contributed by atoms with Crippen molar-refractivity contribution in [2.45, 2.75) is 19.8 Å². The first-order valence-corrected chi connectivity index (χ1v) is 10.1. The van der Waals surface area contributed by atoms with Gasteiger partial charge in [0.25, 0.3) is 5.91 Å². The van der Waals surface area contributed by atoms with Crippen molar-refractivity contribution in [3.8, 4) is 5.75 Å². The first-order chi connectivity index (χ1) is 11.2. The molecule has 0 aromatic heterocycles. The van der Waals surface area contributed by atoms with Crippen molar-refractivity contribution in [2.75, 3.05) is 32.5 Å². The van der Waals surface area contributed by atoms with Gasteiger partial charge in [0.05, 0.1) is 11.3 Å². The highest BCUT2D eigenvalue weighted by Gasteiger charge is 2.15. The van der Waals surface area contributed by atoms with Crippen LogP contribution >= 0.6 is 23.2 Å². The normalized spacial score (nSPS) is 11.5. The molecule has 0 fully saturated rings. The second-order valence-electron chi connectivity index (χ2n) is 5.23. The van der Waals surface area contributed by atoms with Gasteiger partial charge in [-0.1, -0.05) is 36.5 Å². The van der Waals surface area contributed by atoms with Crippen LogP contribution in [0.15, 0.2) is 18.2 Å². The van der Waals surface area contributed by atoms with Crippen molar-refractivity contribution < 1.29 is 17.9 Å². The second kappa shape index (κ2) is 10.1. The van der Waals surface area contributed by atoms with Gasteiger partial charge in [0.2, 0.25) is 10.0 Å². The molecule has 0 aliphatic heterocycles. The molecule has 1 aromatic rings. The zero-order chi connectivity index (χ0) is 18.2. The molecule has 24 heavy (non-hydrogen) atoms. The number of nitrogens with zero attached hydrogens (tertiary/aromatic N) is 1. The molecule has 0 unspecified atom stereocenters. The lowest BCUT2D eigenvalue weighted by Crippen LogP contribution is -2.39. The highest BCUT2D eigenvalue weighted by molar-refractivity contribution is 7.88. The molecule has 136 valence electrons. The summed E-state index contributed by atoms with van der Waals surface area (Å²) in [4.78, 5) is 11.8. The van der Waals surface area contributed by atoms with Crippen LogP contribution in [0.2, 0.25) is 10.0 Å². The fourth-order valence-corrected chi connectivity index (χ4v) is 3.23. The quantitative estimate of drug-likeness (QED) is 0.659. The molecule has 0 saturated heterocycles. The van der Waals surface area contributed by atoms with Crippen LogP contribution in [-0.4, -0.2) is 51.1 Å². The number of unbranched alkanes of at least 4 members (excludes halogenated alkanes) is 1. The van der Waals surface area contributed by atoms with Crippen molar-refractivity contribution >= 4 is 39.1 Å². The monoisotopic (exact) mass is 396 g/mol. The number of ether oxygens (including phenoxy) is 1. The molecule has 0 spiro atoms. The Morgan fingerprint density at radius 3 is 2.58 bits per heavy atom. The number of hydrogen-bond acceptors (Lipinski definition) is 4. The Morgan fingerprint density at radius 1 is 1.29 bits per heavy atom. The summed E-state index contributed by atoms with van der Waals surface area (Å²) < 4.78 is 30.0. The predicted molar refractivity (Wildman–Crippen MR) is 96.3 cm³/mol. The molecule has 0 aliphatic rings. The Bertz CT molecular complexity index is 653. The van der Waals surface area contributed by atoms with Gasteiger partial charge < -0.3 is 10.1 Å². The molecule has 6 nitrogen and oxygen atoms in total. The first kappa shape index (κ1) is 21.0. The summed E-state index contributed by atoms with van der Waals surface area (Å²) >= 11 is 11.7. The number of carbonyl (C=O) groups excluding carboxylic acids is 1. The Balaban J connectivity index is 2.39. The van der Waals surface area contributed by atoms with Crippen LogP contribution in [0.5, 0.6) is 5.75 Å². The van der Waals surface area contributed by atoms with Crippen molar-refractivity contribution in [1.82, 2.24) is 9.62 Å². The van der Waals surface area contributed by atoms with Gasteiger partial charge in [0.1, 0.15) is 5.75 Å². The summed E-state index contributed by atoms with van der Waals surface area (Å²) in [6.07, 6.45) is 2.84. The van der Waals surface area contributed by atoms with E-state index >= 15 is 0 Å². The summed E-state index contributed by atoms with van der Waals surface area (Å²) in [5.74, 6) is 0.00174. The maximum atomic E-state index is 11.8. The minimum atomic E-state index is -3.28. The third kappa shape index (κ3) is 7.70. The van der Waals surface area contributed by atoms with Crippen LogP contribution in [0, 0.1) is 0 Å². The van der Waals surface area contributed by atoms with Gasteiger partial charge in [-0.3, -0.25) is 4.79 Å². The van der Waals surface area contributed by atoms with Crippen molar-refractivity contribution in [3.63, 3.8) is 0 Å². The predicted octanol–water partition coefficient (Wildman–Crippen LogP) is 2.55. The van der Waals surface area contributed by atoms with Gasteiger partial charge >= 0.3 is 0 Å². The molecule has 9 heteroatoms. The topological polar surface area (TPSA) is 75.7 Å². The Morgan fingerprint density at radius 2 is 2.00 bits per heavy atom. The zero-order valence-electron chi connectivity index (χ0n) is 13.7. The summed E-state index contributed by atoms with van der Waals surface area (Å²) in [5.41, 5.74) is 0. The van der Waals surface area contributed by atoms with Crippen LogP contribution in [-0.2, 0) is 14.8 Å². The standard InChI is InChI=1S/C15H22Cl2N2O4S/c1-3-4-8-19(24(2,21)22)9-7-18-15(20)11-23-14-6-5-12(16)10-13(14)17/h5-6,10H,3-4,7-9,11H2,1-2H3,(H,18,20). The fraction of sp³-hybridized carbons (Fsp3) is 0.533. The van der Waals surface area contributed by atoms with E-state index in [-0.39, 0.29) is 25.6 Å². The molecule has 0 aliphatic carbocycles. The van der Waals surface area contributed by atoms with Crippen molar-refractivity contribution in [1.29, 1.82) is 0 Å². The fourth-order valence-electron chi connectivity index (χ4n) is 1.88. The van der Waals surface area contributed by atoms with E-state index in [2.05, 4.69) is 5.32 Å². The number of hydrogen-bond donors (Lipinski definition) is 1. The highest BCUT2D eigenvalue weighted by Crippen LogP contribution is 2.27. The Labute approximate surface area is 153 Å². The molecule has 0 radical (unpaired) electrons. The molecule has 0 atom stereocenters. The zero-order valence-corrected chi connectivity index (χ0v) is 16.0. The summed E-state index contributed by atoms with van der Waals surface area (Å²) in [6, 6.07) is 4.71. The lowest BCUT2D eigenvalue weighted by molar-refractivity contribution is -0.123. The number of sulfonamides is 1. The maximum absolute atomic E-state index is 11.8. The summed E-state index contributed by atoms with van der Waals surface area (Å²) in [7, 11) is -3.28. The third-order valence-electron chi connectivity index (χ3n) is 3.17. The van der Waals surface area contributed by atoms with E-state index in [4.69, 9.17) is 27.9 Å².